The van der Waals surface area contributed by atoms with Gasteiger partial charge >= 0.3 is 0 Å². The summed E-state index contributed by atoms with van der Waals surface area (Å²) in [7, 11) is 0. The molecule has 0 radical (unpaired) electrons. The lowest BCUT2D eigenvalue weighted by Crippen LogP contribution is -2.30. The van der Waals surface area contributed by atoms with Gasteiger partial charge < -0.3 is 10.2 Å². The average Bonchev–Trinajstić information content (AvgIpc) is 3.37. The molecule has 0 spiro atoms. The summed E-state index contributed by atoms with van der Waals surface area (Å²) >= 11 is 6.11. The molecule has 1 aliphatic heterocycles. The number of rotatable bonds is 6. The quantitative estimate of drug-likeness (QED) is 0.678. The summed E-state index contributed by atoms with van der Waals surface area (Å²) in [6.07, 6.45) is 3.94. The highest BCUT2D eigenvalue weighted by atomic mass is 35.5. The summed E-state index contributed by atoms with van der Waals surface area (Å²) in [5.74, 6) is -0.603. The van der Waals surface area contributed by atoms with Gasteiger partial charge in [0.2, 0.25) is 11.8 Å². The third kappa shape index (κ3) is 4.46. The molecular weight excluding hydrogens is 390 g/mol. The molecule has 1 aromatic heterocycles. The van der Waals surface area contributed by atoms with Crippen molar-refractivity contribution in [2.45, 2.75) is 12.8 Å². The molecule has 1 fully saturated rings. The molecule has 1 atom stereocenters. The van der Waals surface area contributed by atoms with Gasteiger partial charge in [0.15, 0.2) is 0 Å². The zero-order chi connectivity index (χ0) is 20.2. The Balaban J connectivity index is 1.42. The minimum atomic E-state index is -0.402. The number of hydrogen-bond acceptors (Lipinski definition) is 4. The van der Waals surface area contributed by atoms with Crippen LogP contribution in [0.3, 0.4) is 0 Å². The van der Waals surface area contributed by atoms with Crippen molar-refractivity contribution in [3.05, 3.63) is 71.8 Å². The SMILES string of the molecule is O=C(Nc1cc(Cl)ccc1-n1cncn1)C1CC(=O)N(CCc2ccccc2)C1. The lowest BCUT2D eigenvalue weighted by Gasteiger charge is -2.17. The number of benzene rings is 2. The van der Waals surface area contributed by atoms with Crippen LogP contribution in [0.1, 0.15) is 12.0 Å². The second-order valence-corrected chi connectivity index (χ2v) is 7.40. The number of halogens is 1. The van der Waals surface area contributed by atoms with E-state index in [-0.39, 0.29) is 18.2 Å². The first-order chi connectivity index (χ1) is 14.1. The molecule has 2 heterocycles. The fourth-order valence-corrected chi connectivity index (χ4v) is 3.62. The zero-order valence-corrected chi connectivity index (χ0v) is 16.4. The van der Waals surface area contributed by atoms with Crippen LogP contribution in [0.5, 0.6) is 0 Å². The lowest BCUT2D eigenvalue weighted by atomic mass is 10.1. The topological polar surface area (TPSA) is 80.1 Å². The van der Waals surface area contributed by atoms with E-state index >= 15 is 0 Å². The molecule has 1 aliphatic rings. The summed E-state index contributed by atoms with van der Waals surface area (Å²) in [4.78, 5) is 30.9. The fourth-order valence-electron chi connectivity index (χ4n) is 3.45. The van der Waals surface area contributed by atoms with Crippen molar-refractivity contribution in [1.29, 1.82) is 0 Å². The van der Waals surface area contributed by atoms with E-state index in [1.807, 2.05) is 30.3 Å². The predicted octanol–water partition coefficient (Wildman–Crippen LogP) is 2.95. The molecule has 1 unspecified atom stereocenters. The van der Waals surface area contributed by atoms with Gasteiger partial charge in [0.1, 0.15) is 12.7 Å². The number of amides is 2. The van der Waals surface area contributed by atoms with Crippen LogP contribution in [0.4, 0.5) is 5.69 Å². The van der Waals surface area contributed by atoms with E-state index in [1.165, 1.54) is 11.9 Å². The number of nitrogens with zero attached hydrogens (tertiary/aromatic N) is 4. The number of nitrogens with one attached hydrogen (secondary N) is 1. The third-order valence-corrected chi connectivity index (χ3v) is 5.22. The maximum atomic E-state index is 12.8. The Morgan fingerprint density at radius 1 is 1.21 bits per heavy atom. The van der Waals surface area contributed by atoms with Crippen LogP contribution in [0, 0.1) is 5.92 Å². The van der Waals surface area contributed by atoms with E-state index in [2.05, 4.69) is 15.4 Å². The summed E-state index contributed by atoms with van der Waals surface area (Å²) < 4.78 is 1.55. The Bertz CT molecular complexity index is 1010. The van der Waals surface area contributed by atoms with Crippen molar-refractivity contribution in [1.82, 2.24) is 19.7 Å². The summed E-state index contributed by atoms with van der Waals surface area (Å²) in [6, 6.07) is 15.2. The highest BCUT2D eigenvalue weighted by Crippen LogP contribution is 2.26. The largest absolute Gasteiger partial charge is 0.342 e. The molecule has 7 nitrogen and oxygen atoms in total. The van der Waals surface area contributed by atoms with Gasteiger partial charge in [-0.15, -0.1) is 0 Å². The number of hydrogen-bond donors (Lipinski definition) is 1. The van der Waals surface area contributed by atoms with Gasteiger partial charge in [0.05, 0.1) is 17.3 Å². The van der Waals surface area contributed by atoms with Crippen LogP contribution in [0.15, 0.2) is 61.2 Å². The van der Waals surface area contributed by atoms with Crippen molar-refractivity contribution in [3.8, 4) is 5.69 Å². The van der Waals surface area contributed by atoms with Crippen LogP contribution >= 0.6 is 11.6 Å². The van der Waals surface area contributed by atoms with E-state index in [1.54, 1.807) is 34.1 Å². The maximum Gasteiger partial charge on any atom is 0.229 e. The number of carbonyl (C=O) groups is 2. The number of anilines is 1. The van der Waals surface area contributed by atoms with Crippen molar-refractivity contribution < 1.29 is 9.59 Å². The number of likely N-dealkylation sites (tertiary alicyclic amines) is 1. The minimum absolute atomic E-state index is 0.00340. The van der Waals surface area contributed by atoms with Crippen LogP contribution in [0.2, 0.25) is 5.02 Å². The highest BCUT2D eigenvalue weighted by Gasteiger charge is 2.34. The van der Waals surface area contributed by atoms with Crippen LogP contribution in [-0.2, 0) is 16.0 Å². The number of carbonyl (C=O) groups excluding carboxylic acids is 2. The third-order valence-electron chi connectivity index (χ3n) is 4.98. The van der Waals surface area contributed by atoms with Crippen molar-refractivity contribution in [2.24, 2.45) is 5.92 Å². The molecule has 2 amide bonds. The Hall–Kier alpha value is -3.19. The Kier molecular flexibility index (Phi) is 5.57. The van der Waals surface area contributed by atoms with Gasteiger partial charge in [0, 0.05) is 24.5 Å². The highest BCUT2D eigenvalue weighted by molar-refractivity contribution is 6.31. The Morgan fingerprint density at radius 3 is 2.79 bits per heavy atom. The average molecular weight is 410 g/mol. The molecule has 148 valence electrons. The molecule has 0 saturated carbocycles. The van der Waals surface area contributed by atoms with E-state index in [4.69, 9.17) is 11.6 Å². The summed E-state index contributed by atoms with van der Waals surface area (Å²) in [5, 5.41) is 7.51. The van der Waals surface area contributed by atoms with Crippen LogP contribution in [0.25, 0.3) is 5.69 Å². The molecule has 2 aromatic carbocycles. The standard InChI is InChI=1S/C21H20ClN5O2/c22-17-6-7-19(27-14-23-13-24-27)18(11-17)25-21(29)16-10-20(28)26(12-16)9-8-15-4-2-1-3-5-15/h1-7,11,13-14,16H,8-10,12H2,(H,25,29). The maximum absolute atomic E-state index is 12.8. The molecule has 1 saturated heterocycles. The van der Waals surface area contributed by atoms with Gasteiger partial charge in [-0.2, -0.15) is 5.10 Å². The first-order valence-electron chi connectivity index (χ1n) is 9.37. The van der Waals surface area contributed by atoms with Gasteiger partial charge in [-0.1, -0.05) is 41.9 Å². The Labute approximate surface area is 173 Å². The van der Waals surface area contributed by atoms with E-state index < -0.39 is 5.92 Å². The van der Waals surface area contributed by atoms with E-state index in [9.17, 15) is 9.59 Å². The monoisotopic (exact) mass is 409 g/mol. The van der Waals surface area contributed by atoms with Crippen molar-refractivity contribution in [3.63, 3.8) is 0 Å². The smallest absolute Gasteiger partial charge is 0.229 e. The van der Waals surface area contributed by atoms with E-state index in [0.717, 1.165) is 6.42 Å². The van der Waals surface area contributed by atoms with Crippen molar-refractivity contribution in [2.75, 3.05) is 18.4 Å². The summed E-state index contributed by atoms with van der Waals surface area (Å²) in [5.41, 5.74) is 2.36. The molecular formula is C21H20ClN5O2. The minimum Gasteiger partial charge on any atom is -0.342 e. The van der Waals surface area contributed by atoms with Gasteiger partial charge in [-0.25, -0.2) is 9.67 Å². The van der Waals surface area contributed by atoms with Gasteiger partial charge in [-0.3, -0.25) is 9.59 Å². The van der Waals surface area contributed by atoms with Crippen molar-refractivity contribution >= 4 is 29.1 Å². The second kappa shape index (κ2) is 8.45. The molecule has 0 bridgehead atoms. The van der Waals surface area contributed by atoms with Crippen LogP contribution < -0.4 is 5.32 Å². The molecule has 4 rings (SSSR count). The van der Waals surface area contributed by atoms with Gasteiger partial charge in [-0.05, 0) is 30.2 Å². The van der Waals surface area contributed by atoms with E-state index in [0.29, 0.717) is 29.5 Å². The second-order valence-electron chi connectivity index (χ2n) is 6.97. The Morgan fingerprint density at radius 2 is 2.03 bits per heavy atom. The molecule has 8 heteroatoms. The molecule has 3 aromatic rings. The summed E-state index contributed by atoms with van der Waals surface area (Å²) in [6.45, 7) is 1.02. The number of aromatic nitrogens is 3. The zero-order valence-electron chi connectivity index (χ0n) is 15.7. The first kappa shape index (κ1) is 19.1. The molecule has 1 N–H and O–H groups in total. The molecule has 0 aliphatic carbocycles. The fraction of sp³-hybridized carbons (Fsp3) is 0.238. The molecule has 29 heavy (non-hydrogen) atoms. The normalized spacial score (nSPS) is 16.2. The van der Waals surface area contributed by atoms with Gasteiger partial charge in [0.25, 0.3) is 0 Å². The predicted molar refractivity (Wildman–Crippen MR) is 110 cm³/mol. The first-order valence-corrected chi connectivity index (χ1v) is 9.75. The van der Waals surface area contributed by atoms with Crippen LogP contribution in [-0.4, -0.2) is 44.6 Å². The lowest BCUT2D eigenvalue weighted by molar-refractivity contribution is -0.128.